The van der Waals surface area contributed by atoms with Gasteiger partial charge in [0.15, 0.2) is 0 Å². The van der Waals surface area contributed by atoms with Crippen LogP contribution in [0.2, 0.25) is 0 Å². The van der Waals surface area contributed by atoms with Crippen molar-refractivity contribution in [3.8, 4) is 0 Å². The molecule has 2 N–H and O–H groups in total. The van der Waals surface area contributed by atoms with Crippen LogP contribution in [0.5, 0.6) is 0 Å². The summed E-state index contributed by atoms with van der Waals surface area (Å²) >= 11 is 0. The maximum atomic E-state index is 11.6. The number of likely N-dealkylation sites (tertiary alicyclic amines) is 1. The van der Waals surface area contributed by atoms with Crippen molar-refractivity contribution in [3.63, 3.8) is 0 Å². The highest BCUT2D eigenvalue weighted by molar-refractivity contribution is 5.78. The fourth-order valence-electron chi connectivity index (χ4n) is 2.35. The molecule has 1 amide bonds. The minimum atomic E-state index is -0.138. The van der Waals surface area contributed by atoms with Crippen molar-refractivity contribution < 1.29 is 4.79 Å². The summed E-state index contributed by atoms with van der Waals surface area (Å²) in [4.78, 5) is 14.1. The molecule has 4 nitrogen and oxygen atoms in total. The number of hydrogen-bond donors (Lipinski definition) is 2. The number of hydrogen-bond acceptors (Lipinski definition) is 3. The molecule has 0 aromatic carbocycles. The second-order valence-electron chi connectivity index (χ2n) is 6.67. The van der Waals surface area contributed by atoms with Crippen LogP contribution in [0.25, 0.3) is 0 Å². The van der Waals surface area contributed by atoms with Gasteiger partial charge >= 0.3 is 0 Å². The summed E-state index contributed by atoms with van der Waals surface area (Å²) in [7, 11) is 0. The van der Waals surface area contributed by atoms with Crippen LogP contribution >= 0.6 is 0 Å². The summed E-state index contributed by atoms with van der Waals surface area (Å²) in [5.74, 6) is 0.774. The summed E-state index contributed by atoms with van der Waals surface area (Å²) in [6.07, 6.45) is 1.24. The molecule has 1 aliphatic rings. The van der Waals surface area contributed by atoms with E-state index in [0.29, 0.717) is 18.5 Å². The number of rotatable bonds is 5. The Morgan fingerprint density at radius 1 is 1.39 bits per heavy atom. The normalized spacial score (nSPS) is 21.6. The highest BCUT2D eigenvalue weighted by Crippen LogP contribution is 2.17. The molecule has 1 rings (SSSR count). The molecule has 0 aliphatic carbocycles. The molecule has 0 aromatic heterocycles. The molecule has 0 bridgehead atoms. The first-order chi connectivity index (χ1) is 8.28. The molecule has 1 heterocycles. The van der Waals surface area contributed by atoms with E-state index in [-0.39, 0.29) is 11.4 Å². The average Bonchev–Trinajstić information content (AvgIpc) is 2.63. The Labute approximate surface area is 111 Å². The Kier molecular flexibility index (Phi) is 5.60. The van der Waals surface area contributed by atoms with Gasteiger partial charge in [-0.15, -0.1) is 0 Å². The van der Waals surface area contributed by atoms with Crippen LogP contribution in [-0.2, 0) is 4.79 Å². The van der Waals surface area contributed by atoms with Crippen molar-refractivity contribution in [3.05, 3.63) is 0 Å². The molecule has 0 spiro atoms. The van der Waals surface area contributed by atoms with Gasteiger partial charge in [-0.2, -0.15) is 0 Å². The molecule has 0 aromatic rings. The molecule has 1 atom stereocenters. The van der Waals surface area contributed by atoms with Crippen LogP contribution in [-0.4, -0.2) is 48.6 Å². The van der Waals surface area contributed by atoms with Gasteiger partial charge in [-0.1, -0.05) is 0 Å². The average molecular weight is 255 g/mol. The van der Waals surface area contributed by atoms with E-state index >= 15 is 0 Å². The van der Waals surface area contributed by atoms with E-state index in [4.69, 9.17) is 0 Å². The standard InChI is InChI=1S/C14H29N3O/c1-11(2)17-7-6-12(10-17)8-15-9-13(18)16-14(3,4)5/h11-12,15H,6-10H2,1-5H3,(H,16,18). The fourth-order valence-corrected chi connectivity index (χ4v) is 2.35. The Balaban J connectivity index is 2.14. The molecular formula is C14H29N3O. The SMILES string of the molecule is CC(C)N1CCC(CNCC(=O)NC(C)(C)C)C1. The van der Waals surface area contributed by atoms with Crippen LogP contribution in [0.1, 0.15) is 41.0 Å². The Morgan fingerprint density at radius 3 is 2.56 bits per heavy atom. The quantitative estimate of drug-likeness (QED) is 0.776. The molecule has 1 saturated heterocycles. The maximum Gasteiger partial charge on any atom is 0.234 e. The third kappa shape index (κ3) is 5.83. The summed E-state index contributed by atoms with van der Waals surface area (Å²) in [6.45, 7) is 14.2. The molecule has 18 heavy (non-hydrogen) atoms. The Bertz CT molecular complexity index is 271. The van der Waals surface area contributed by atoms with E-state index in [1.165, 1.54) is 13.0 Å². The van der Waals surface area contributed by atoms with E-state index in [1.807, 2.05) is 20.8 Å². The summed E-state index contributed by atoms with van der Waals surface area (Å²) in [5.41, 5.74) is -0.138. The first-order valence-corrected chi connectivity index (χ1v) is 7.03. The van der Waals surface area contributed by atoms with Gasteiger partial charge in [0.1, 0.15) is 0 Å². The van der Waals surface area contributed by atoms with Gasteiger partial charge in [0.2, 0.25) is 5.91 Å². The highest BCUT2D eigenvalue weighted by atomic mass is 16.2. The molecule has 1 aliphatic heterocycles. The fraction of sp³-hybridized carbons (Fsp3) is 0.929. The maximum absolute atomic E-state index is 11.6. The second kappa shape index (κ2) is 6.53. The van der Waals surface area contributed by atoms with Crippen LogP contribution in [0.4, 0.5) is 0 Å². The predicted octanol–water partition coefficient (Wildman–Crippen LogP) is 1.22. The van der Waals surface area contributed by atoms with Crippen LogP contribution in [0.3, 0.4) is 0 Å². The summed E-state index contributed by atoms with van der Waals surface area (Å²) in [6, 6.07) is 0.638. The predicted molar refractivity (Wildman–Crippen MR) is 75.6 cm³/mol. The third-order valence-corrected chi connectivity index (χ3v) is 3.28. The molecule has 4 heteroatoms. The Morgan fingerprint density at radius 2 is 2.06 bits per heavy atom. The van der Waals surface area contributed by atoms with Crippen LogP contribution in [0, 0.1) is 5.92 Å². The number of carbonyl (C=O) groups excluding carboxylic acids is 1. The van der Waals surface area contributed by atoms with Gasteiger partial charge in [-0.3, -0.25) is 4.79 Å². The van der Waals surface area contributed by atoms with Gasteiger partial charge in [0.05, 0.1) is 6.54 Å². The number of nitrogens with zero attached hydrogens (tertiary/aromatic N) is 1. The van der Waals surface area contributed by atoms with Crippen molar-refractivity contribution in [2.75, 3.05) is 26.2 Å². The summed E-state index contributed by atoms with van der Waals surface area (Å²) in [5, 5.41) is 6.23. The second-order valence-corrected chi connectivity index (χ2v) is 6.67. The molecule has 1 unspecified atom stereocenters. The van der Waals surface area contributed by atoms with E-state index in [2.05, 4.69) is 29.4 Å². The number of amides is 1. The lowest BCUT2D eigenvalue weighted by atomic mass is 10.1. The monoisotopic (exact) mass is 255 g/mol. The number of nitrogens with one attached hydrogen (secondary N) is 2. The lowest BCUT2D eigenvalue weighted by Gasteiger charge is -2.21. The van der Waals surface area contributed by atoms with E-state index in [0.717, 1.165) is 13.1 Å². The third-order valence-electron chi connectivity index (χ3n) is 3.28. The minimum absolute atomic E-state index is 0.0845. The van der Waals surface area contributed by atoms with Gasteiger partial charge < -0.3 is 15.5 Å². The number of carbonyl (C=O) groups is 1. The zero-order valence-electron chi connectivity index (χ0n) is 12.5. The van der Waals surface area contributed by atoms with Crippen LogP contribution < -0.4 is 10.6 Å². The smallest absolute Gasteiger partial charge is 0.234 e. The van der Waals surface area contributed by atoms with Crippen molar-refractivity contribution in [1.82, 2.24) is 15.5 Å². The zero-order chi connectivity index (χ0) is 13.8. The lowest BCUT2D eigenvalue weighted by Crippen LogP contribution is -2.45. The molecule has 106 valence electrons. The minimum Gasteiger partial charge on any atom is -0.350 e. The van der Waals surface area contributed by atoms with Gasteiger partial charge in [-0.25, -0.2) is 0 Å². The molecular weight excluding hydrogens is 226 g/mol. The zero-order valence-corrected chi connectivity index (χ0v) is 12.5. The first-order valence-electron chi connectivity index (χ1n) is 7.03. The van der Waals surface area contributed by atoms with E-state index in [9.17, 15) is 4.79 Å². The first kappa shape index (κ1) is 15.4. The van der Waals surface area contributed by atoms with E-state index in [1.54, 1.807) is 0 Å². The molecule has 0 radical (unpaired) electrons. The van der Waals surface area contributed by atoms with Gasteiger partial charge in [-0.05, 0) is 60.0 Å². The topological polar surface area (TPSA) is 44.4 Å². The summed E-state index contributed by atoms with van der Waals surface area (Å²) < 4.78 is 0. The van der Waals surface area contributed by atoms with Crippen LogP contribution in [0.15, 0.2) is 0 Å². The van der Waals surface area contributed by atoms with Crippen molar-refractivity contribution in [1.29, 1.82) is 0 Å². The largest absolute Gasteiger partial charge is 0.350 e. The van der Waals surface area contributed by atoms with Crippen molar-refractivity contribution in [2.45, 2.75) is 52.6 Å². The van der Waals surface area contributed by atoms with Gasteiger partial charge in [0, 0.05) is 18.1 Å². The van der Waals surface area contributed by atoms with Crippen molar-refractivity contribution >= 4 is 5.91 Å². The van der Waals surface area contributed by atoms with E-state index < -0.39 is 0 Å². The van der Waals surface area contributed by atoms with Gasteiger partial charge in [0.25, 0.3) is 0 Å². The Hall–Kier alpha value is -0.610. The molecule has 0 saturated carbocycles. The van der Waals surface area contributed by atoms with Crippen molar-refractivity contribution in [2.24, 2.45) is 5.92 Å². The lowest BCUT2D eigenvalue weighted by molar-refractivity contribution is -0.121. The molecule has 1 fully saturated rings. The highest BCUT2D eigenvalue weighted by Gasteiger charge is 2.23.